The fourth-order valence-electron chi connectivity index (χ4n) is 2.82. The Bertz CT molecular complexity index is 578. The van der Waals surface area contributed by atoms with Crippen LogP contribution in [0.2, 0.25) is 0 Å². The number of anilines is 1. The first-order valence-electron chi connectivity index (χ1n) is 7.53. The maximum absolute atomic E-state index is 4.80. The smallest absolute Gasteiger partial charge is 0.135 e. The summed E-state index contributed by atoms with van der Waals surface area (Å²) in [4.78, 5) is 9.55. The van der Waals surface area contributed by atoms with Gasteiger partial charge in [0, 0.05) is 24.2 Å². The number of aryl methyl sites for hydroxylation is 1. The molecule has 104 valence electrons. The fraction of sp³-hybridized carbons (Fsp3) is 0.412. The van der Waals surface area contributed by atoms with Crippen molar-refractivity contribution >= 4 is 5.82 Å². The Balaban J connectivity index is 1.93. The first kappa shape index (κ1) is 13.1. The molecule has 0 spiro atoms. The number of aromatic nitrogens is 2. The van der Waals surface area contributed by atoms with Gasteiger partial charge in [-0.2, -0.15) is 0 Å². The zero-order valence-corrected chi connectivity index (χ0v) is 12.0. The second kappa shape index (κ2) is 6.04. The summed E-state index contributed by atoms with van der Waals surface area (Å²) in [7, 11) is 0. The van der Waals surface area contributed by atoms with Crippen LogP contribution in [-0.4, -0.2) is 16.5 Å². The van der Waals surface area contributed by atoms with Gasteiger partial charge in [0.2, 0.25) is 0 Å². The van der Waals surface area contributed by atoms with Crippen LogP contribution in [0.25, 0.3) is 0 Å². The minimum atomic E-state index is 0.812. The van der Waals surface area contributed by atoms with Gasteiger partial charge in [-0.3, -0.25) is 0 Å². The van der Waals surface area contributed by atoms with Crippen molar-refractivity contribution in [2.45, 2.75) is 39.0 Å². The van der Waals surface area contributed by atoms with Gasteiger partial charge in [-0.05, 0) is 38.2 Å². The van der Waals surface area contributed by atoms with Crippen LogP contribution in [0.4, 0.5) is 5.82 Å². The van der Waals surface area contributed by atoms with Crippen LogP contribution in [-0.2, 0) is 19.3 Å². The van der Waals surface area contributed by atoms with Crippen molar-refractivity contribution in [1.82, 2.24) is 9.97 Å². The highest BCUT2D eigenvalue weighted by Gasteiger charge is 2.17. The Morgan fingerprint density at radius 1 is 1.05 bits per heavy atom. The second-order valence-corrected chi connectivity index (χ2v) is 5.31. The molecular formula is C17H21N3. The van der Waals surface area contributed by atoms with E-state index < -0.39 is 0 Å². The molecule has 3 nitrogen and oxygen atoms in total. The molecule has 1 aliphatic carbocycles. The van der Waals surface area contributed by atoms with Gasteiger partial charge in [0.05, 0.1) is 0 Å². The van der Waals surface area contributed by atoms with E-state index in [2.05, 4.69) is 36.5 Å². The summed E-state index contributed by atoms with van der Waals surface area (Å²) in [6.45, 7) is 3.03. The maximum atomic E-state index is 4.80. The van der Waals surface area contributed by atoms with E-state index in [-0.39, 0.29) is 0 Å². The van der Waals surface area contributed by atoms with E-state index in [0.29, 0.717) is 0 Å². The standard InChI is InChI=1S/C17H21N3/c1-2-18-17-14-10-6-7-11-15(14)19-16(20-17)12-13-8-4-3-5-9-13/h3-5,8-9H,2,6-7,10-12H2,1H3,(H,18,19,20). The molecular weight excluding hydrogens is 246 g/mol. The molecule has 1 N–H and O–H groups in total. The number of benzene rings is 1. The molecule has 1 aliphatic rings. The van der Waals surface area contributed by atoms with Gasteiger partial charge in [-0.25, -0.2) is 9.97 Å². The minimum Gasteiger partial charge on any atom is -0.370 e. The first-order chi connectivity index (χ1) is 9.86. The largest absolute Gasteiger partial charge is 0.370 e. The van der Waals surface area contributed by atoms with Crippen LogP contribution in [0, 0.1) is 0 Å². The quantitative estimate of drug-likeness (QED) is 0.923. The van der Waals surface area contributed by atoms with Crippen molar-refractivity contribution in [3.8, 4) is 0 Å². The molecule has 0 radical (unpaired) electrons. The molecule has 3 heteroatoms. The van der Waals surface area contributed by atoms with Gasteiger partial charge in [-0.1, -0.05) is 30.3 Å². The molecule has 0 saturated heterocycles. The molecule has 1 heterocycles. The predicted octanol–water partition coefficient (Wildman–Crippen LogP) is 3.38. The third-order valence-electron chi connectivity index (χ3n) is 3.78. The van der Waals surface area contributed by atoms with E-state index in [1.165, 1.54) is 29.7 Å². The lowest BCUT2D eigenvalue weighted by Gasteiger charge is -2.19. The molecule has 0 saturated carbocycles. The summed E-state index contributed by atoms with van der Waals surface area (Å²) in [5.41, 5.74) is 3.87. The van der Waals surface area contributed by atoms with Crippen LogP contribution in [0.1, 0.15) is 42.4 Å². The van der Waals surface area contributed by atoms with Crippen LogP contribution in [0.5, 0.6) is 0 Å². The SMILES string of the molecule is CCNc1nc(Cc2ccccc2)nc2c1CCCC2. The van der Waals surface area contributed by atoms with Crippen LogP contribution in [0.3, 0.4) is 0 Å². The summed E-state index contributed by atoms with van der Waals surface area (Å²) in [5.74, 6) is 2.00. The summed E-state index contributed by atoms with van der Waals surface area (Å²) in [6, 6.07) is 10.4. The van der Waals surface area contributed by atoms with Gasteiger partial charge in [-0.15, -0.1) is 0 Å². The lowest BCUT2D eigenvalue weighted by molar-refractivity contribution is 0.657. The molecule has 0 atom stereocenters. The average molecular weight is 267 g/mol. The van der Waals surface area contributed by atoms with E-state index in [0.717, 1.165) is 37.4 Å². The number of hydrogen-bond donors (Lipinski definition) is 1. The second-order valence-electron chi connectivity index (χ2n) is 5.31. The molecule has 1 aromatic heterocycles. The van der Waals surface area contributed by atoms with Gasteiger partial charge < -0.3 is 5.32 Å². The van der Waals surface area contributed by atoms with Crippen molar-refractivity contribution in [2.75, 3.05) is 11.9 Å². The number of hydrogen-bond acceptors (Lipinski definition) is 3. The summed E-state index contributed by atoms with van der Waals surface area (Å²) < 4.78 is 0. The van der Waals surface area contributed by atoms with Gasteiger partial charge in [0.15, 0.2) is 0 Å². The maximum Gasteiger partial charge on any atom is 0.135 e. The molecule has 0 unspecified atom stereocenters. The van der Waals surface area contributed by atoms with Gasteiger partial charge >= 0.3 is 0 Å². The summed E-state index contributed by atoms with van der Waals surface area (Å²) >= 11 is 0. The lowest BCUT2D eigenvalue weighted by Crippen LogP contribution is -2.15. The Labute approximate surface area is 120 Å². The normalized spacial score (nSPS) is 13.8. The highest BCUT2D eigenvalue weighted by molar-refractivity contribution is 5.48. The Kier molecular flexibility index (Phi) is 3.95. The molecule has 3 rings (SSSR count). The molecule has 0 fully saturated rings. The number of fused-ring (bicyclic) bond motifs is 1. The van der Waals surface area contributed by atoms with Crippen molar-refractivity contribution < 1.29 is 0 Å². The fourth-order valence-corrected chi connectivity index (χ4v) is 2.82. The van der Waals surface area contributed by atoms with Gasteiger partial charge in [0.25, 0.3) is 0 Å². The highest BCUT2D eigenvalue weighted by Crippen LogP contribution is 2.25. The monoisotopic (exact) mass is 267 g/mol. The number of rotatable bonds is 4. The number of nitrogens with zero attached hydrogens (tertiary/aromatic N) is 2. The minimum absolute atomic E-state index is 0.812. The molecule has 2 aromatic rings. The predicted molar refractivity (Wildman–Crippen MR) is 82.1 cm³/mol. The molecule has 0 aliphatic heterocycles. The Morgan fingerprint density at radius 2 is 1.85 bits per heavy atom. The van der Waals surface area contributed by atoms with Crippen LogP contribution >= 0.6 is 0 Å². The zero-order chi connectivity index (χ0) is 13.8. The Hall–Kier alpha value is -1.90. The zero-order valence-electron chi connectivity index (χ0n) is 12.0. The first-order valence-corrected chi connectivity index (χ1v) is 7.53. The highest BCUT2D eigenvalue weighted by atomic mass is 15.0. The van der Waals surface area contributed by atoms with Crippen molar-refractivity contribution in [1.29, 1.82) is 0 Å². The van der Waals surface area contributed by atoms with E-state index in [9.17, 15) is 0 Å². The molecule has 0 bridgehead atoms. The van der Waals surface area contributed by atoms with Crippen LogP contribution < -0.4 is 5.32 Å². The molecule has 1 aromatic carbocycles. The van der Waals surface area contributed by atoms with E-state index in [1.807, 2.05) is 6.07 Å². The number of nitrogens with one attached hydrogen (secondary N) is 1. The van der Waals surface area contributed by atoms with Crippen molar-refractivity contribution in [3.05, 3.63) is 53.0 Å². The van der Waals surface area contributed by atoms with Crippen molar-refractivity contribution in [3.63, 3.8) is 0 Å². The van der Waals surface area contributed by atoms with E-state index >= 15 is 0 Å². The van der Waals surface area contributed by atoms with E-state index in [1.54, 1.807) is 0 Å². The van der Waals surface area contributed by atoms with Crippen LogP contribution in [0.15, 0.2) is 30.3 Å². The Morgan fingerprint density at radius 3 is 2.65 bits per heavy atom. The topological polar surface area (TPSA) is 37.8 Å². The lowest BCUT2D eigenvalue weighted by atomic mass is 9.96. The van der Waals surface area contributed by atoms with Crippen molar-refractivity contribution in [2.24, 2.45) is 0 Å². The third kappa shape index (κ3) is 2.82. The third-order valence-corrected chi connectivity index (χ3v) is 3.78. The average Bonchev–Trinajstić information content (AvgIpc) is 2.49. The van der Waals surface area contributed by atoms with Gasteiger partial charge in [0.1, 0.15) is 11.6 Å². The summed E-state index contributed by atoms with van der Waals surface area (Å²) in [5, 5.41) is 3.41. The van der Waals surface area contributed by atoms with E-state index in [4.69, 9.17) is 9.97 Å². The molecule has 0 amide bonds. The molecule has 20 heavy (non-hydrogen) atoms. The summed E-state index contributed by atoms with van der Waals surface area (Å²) in [6.07, 6.45) is 5.53.